The zero-order valence-electron chi connectivity index (χ0n) is 11.4. The van der Waals surface area contributed by atoms with Gasteiger partial charge in [-0.15, -0.1) is 0 Å². The number of rotatable bonds is 4. The van der Waals surface area contributed by atoms with Crippen molar-refractivity contribution in [1.29, 1.82) is 0 Å². The van der Waals surface area contributed by atoms with Gasteiger partial charge in [-0.05, 0) is 61.6 Å². The lowest BCUT2D eigenvalue weighted by atomic mass is 9.77. The molecular formula is C16H20BrF3. The first-order chi connectivity index (χ1) is 9.44. The highest BCUT2D eigenvalue weighted by Gasteiger charge is 2.28. The molecule has 0 aromatic heterocycles. The van der Waals surface area contributed by atoms with Gasteiger partial charge in [0.1, 0.15) is 0 Å². The number of hydrogen-bond donors (Lipinski definition) is 0. The van der Waals surface area contributed by atoms with Crippen LogP contribution in [-0.4, -0.2) is 6.18 Å². The van der Waals surface area contributed by atoms with Crippen LogP contribution in [0.5, 0.6) is 0 Å². The minimum atomic E-state index is -3.99. The van der Waals surface area contributed by atoms with Gasteiger partial charge >= 0.3 is 6.18 Å². The maximum Gasteiger partial charge on any atom is 0.389 e. The molecule has 0 nitrogen and oxygen atoms in total. The number of hydrogen-bond acceptors (Lipinski definition) is 0. The topological polar surface area (TPSA) is 0 Å². The van der Waals surface area contributed by atoms with Gasteiger partial charge in [0.2, 0.25) is 0 Å². The fraction of sp³-hybridized carbons (Fsp3) is 0.625. The first-order valence-corrected chi connectivity index (χ1v) is 8.05. The Kier molecular flexibility index (Phi) is 5.53. The third-order valence-corrected chi connectivity index (χ3v) is 4.79. The van der Waals surface area contributed by atoms with Gasteiger partial charge in [0.15, 0.2) is 0 Å². The summed E-state index contributed by atoms with van der Waals surface area (Å²) in [7, 11) is 0. The Balaban J connectivity index is 1.74. The van der Waals surface area contributed by atoms with Crippen LogP contribution < -0.4 is 0 Å². The molecule has 2 rings (SSSR count). The van der Waals surface area contributed by atoms with Crippen molar-refractivity contribution in [3.8, 4) is 0 Å². The van der Waals surface area contributed by atoms with Gasteiger partial charge in [0, 0.05) is 10.9 Å². The van der Waals surface area contributed by atoms with E-state index in [1.54, 1.807) is 0 Å². The Labute approximate surface area is 126 Å². The summed E-state index contributed by atoms with van der Waals surface area (Å²) in [5.74, 6) is 1.08. The van der Waals surface area contributed by atoms with Gasteiger partial charge in [0.05, 0.1) is 0 Å². The van der Waals surface area contributed by atoms with Crippen molar-refractivity contribution in [1.82, 2.24) is 0 Å². The van der Waals surface area contributed by atoms with E-state index in [2.05, 4.69) is 40.2 Å². The van der Waals surface area contributed by atoms with Crippen molar-refractivity contribution in [2.45, 2.75) is 57.0 Å². The number of halogens is 4. The van der Waals surface area contributed by atoms with Crippen molar-refractivity contribution in [3.05, 3.63) is 34.3 Å². The Morgan fingerprint density at radius 1 is 1.00 bits per heavy atom. The quantitative estimate of drug-likeness (QED) is 0.585. The van der Waals surface area contributed by atoms with Crippen LogP contribution in [0, 0.1) is 5.92 Å². The molecule has 1 aromatic rings. The van der Waals surface area contributed by atoms with Crippen LogP contribution in [0.25, 0.3) is 0 Å². The molecule has 0 aliphatic heterocycles. The second kappa shape index (κ2) is 6.97. The molecule has 0 spiro atoms. The van der Waals surface area contributed by atoms with Crippen molar-refractivity contribution < 1.29 is 13.2 Å². The van der Waals surface area contributed by atoms with Gasteiger partial charge < -0.3 is 0 Å². The summed E-state index contributed by atoms with van der Waals surface area (Å²) < 4.78 is 37.5. The third-order valence-electron chi connectivity index (χ3n) is 4.26. The Bertz CT molecular complexity index is 403. The van der Waals surface area contributed by atoms with E-state index >= 15 is 0 Å². The molecular weight excluding hydrogens is 329 g/mol. The summed E-state index contributed by atoms with van der Waals surface area (Å²) in [5, 5.41) is 0. The molecule has 20 heavy (non-hydrogen) atoms. The van der Waals surface area contributed by atoms with E-state index in [0.717, 1.165) is 36.6 Å². The predicted octanol–water partition coefficient (Wildman–Crippen LogP) is 6.46. The lowest BCUT2D eigenvalue weighted by molar-refractivity contribution is -0.136. The van der Waals surface area contributed by atoms with E-state index in [1.165, 1.54) is 5.56 Å². The molecule has 1 fully saturated rings. The van der Waals surface area contributed by atoms with Gasteiger partial charge in [-0.2, -0.15) is 13.2 Å². The van der Waals surface area contributed by atoms with E-state index in [1.807, 2.05) is 0 Å². The first-order valence-electron chi connectivity index (χ1n) is 7.26. The summed E-state index contributed by atoms with van der Waals surface area (Å²) in [6.07, 6.45) is 0.756. The van der Waals surface area contributed by atoms with Crippen LogP contribution in [0.1, 0.15) is 56.4 Å². The third kappa shape index (κ3) is 5.12. The van der Waals surface area contributed by atoms with Crippen molar-refractivity contribution in [3.63, 3.8) is 0 Å². The van der Waals surface area contributed by atoms with Crippen molar-refractivity contribution in [2.75, 3.05) is 0 Å². The SMILES string of the molecule is FC(F)(F)CCCC1CCC(c2ccc(Br)cc2)CC1. The Morgan fingerprint density at radius 2 is 1.60 bits per heavy atom. The van der Waals surface area contributed by atoms with Crippen molar-refractivity contribution in [2.24, 2.45) is 5.92 Å². The normalized spacial score (nSPS) is 23.8. The van der Waals surface area contributed by atoms with Gasteiger partial charge in [-0.3, -0.25) is 0 Å². The average molecular weight is 349 g/mol. The minimum absolute atomic E-state index is 0.289. The molecule has 1 saturated carbocycles. The maximum absolute atomic E-state index is 12.1. The molecule has 0 heterocycles. The van der Waals surface area contributed by atoms with Crippen LogP contribution in [-0.2, 0) is 0 Å². The molecule has 1 aliphatic carbocycles. The minimum Gasteiger partial charge on any atom is -0.171 e. The monoisotopic (exact) mass is 348 g/mol. The summed E-state index contributed by atoms with van der Waals surface area (Å²) in [6, 6.07) is 8.42. The second-order valence-electron chi connectivity index (χ2n) is 5.78. The smallest absolute Gasteiger partial charge is 0.171 e. The molecule has 0 radical (unpaired) electrons. The lowest BCUT2D eigenvalue weighted by Gasteiger charge is -2.29. The van der Waals surface area contributed by atoms with E-state index in [-0.39, 0.29) is 6.42 Å². The van der Waals surface area contributed by atoms with Crippen LogP contribution in [0.2, 0.25) is 0 Å². The Morgan fingerprint density at radius 3 is 2.15 bits per heavy atom. The first kappa shape index (κ1) is 15.9. The zero-order valence-corrected chi connectivity index (χ0v) is 13.0. The second-order valence-corrected chi connectivity index (χ2v) is 6.69. The van der Waals surface area contributed by atoms with Crippen LogP contribution >= 0.6 is 15.9 Å². The highest BCUT2D eigenvalue weighted by molar-refractivity contribution is 9.10. The predicted molar refractivity (Wildman–Crippen MR) is 78.7 cm³/mol. The molecule has 1 aliphatic rings. The summed E-state index contributed by atoms with van der Waals surface area (Å²) in [4.78, 5) is 0. The molecule has 1 aromatic carbocycles. The molecule has 0 N–H and O–H groups in total. The molecule has 0 bridgehead atoms. The molecule has 0 unspecified atom stereocenters. The van der Waals surface area contributed by atoms with Crippen LogP contribution in [0.4, 0.5) is 13.2 Å². The molecule has 0 saturated heterocycles. The van der Waals surface area contributed by atoms with E-state index in [9.17, 15) is 13.2 Å². The fourth-order valence-electron chi connectivity index (χ4n) is 3.11. The summed E-state index contributed by atoms with van der Waals surface area (Å²) >= 11 is 3.43. The van der Waals surface area contributed by atoms with Gasteiger partial charge in [0.25, 0.3) is 0 Å². The largest absolute Gasteiger partial charge is 0.389 e. The molecule has 0 atom stereocenters. The molecule has 4 heteroatoms. The number of alkyl halides is 3. The van der Waals surface area contributed by atoms with Crippen LogP contribution in [0.3, 0.4) is 0 Å². The fourth-order valence-corrected chi connectivity index (χ4v) is 3.37. The zero-order chi connectivity index (χ0) is 14.6. The highest BCUT2D eigenvalue weighted by Crippen LogP contribution is 2.38. The maximum atomic E-state index is 12.1. The van der Waals surface area contributed by atoms with Gasteiger partial charge in [-0.25, -0.2) is 0 Å². The average Bonchev–Trinajstić information content (AvgIpc) is 2.39. The van der Waals surface area contributed by atoms with Gasteiger partial charge in [-0.1, -0.05) is 34.5 Å². The lowest BCUT2D eigenvalue weighted by Crippen LogP contribution is -2.14. The number of benzene rings is 1. The van der Waals surface area contributed by atoms with E-state index < -0.39 is 12.6 Å². The highest BCUT2D eigenvalue weighted by atomic mass is 79.9. The molecule has 0 amide bonds. The summed E-state index contributed by atoms with van der Waals surface area (Å²) in [6.45, 7) is 0. The van der Waals surface area contributed by atoms with Crippen LogP contribution in [0.15, 0.2) is 28.7 Å². The Hall–Kier alpha value is -0.510. The van der Waals surface area contributed by atoms with E-state index in [4.69, 9.17) is 0 Å². The van der Waals surface area contributed by atoms with Crippen molar-refractivity contribution >= 4 is 15.9 Å². The standard InChI is InChI=1S/C16H20BrF3/c17-15-9-7-14(8-10-15)13-5-3-12(4-6-13)2-1-11-16(18,19)20/h7-10,12-13H,1-6,11H2. The molecule has 112 valence electrons. The summed E-state index contributed by atoms with van der Waals surface area (Å²) in [5.41, 5.74) is 1.36. The van der Waals surface area contributed by atoms with E-state index in [0.29, 0.717) is 11.8 Å².